The van der Waals surface area contributed by atoms with Crippen LogP contribution in [0, 0.1) is 20.8 Å². The summed E-state index contributed by atoms with van der Waals surface area (Å²) in [7, 11) is 0. The molecule has 148 valence electrons. The lowest BCUT2D eigenvalue weighted by atomic mass is 10.1. The van der Waals surface area contributed by atoms with Gasteiger partial charge in [0.1, 0.15) is 0 Å². The van der Waals surface area contributed by atoms with Crippen molar-refractivity contribution in [3.8, 4) is 0 Å². The molecule has 0 bridgehead atoms. The van der Waals surface area contributed by atoms with Crippen LogP contribution in [0.4, 0.5) is 0 Å². The summed E-state index contributed by atoms with van der Waals surface area (Å²) in [5.41, 5.74) is 6.83. The monoisotopic (exact) mass is 364 g/mol. The third-order valence-electron chi connectivity index (χ3n) is 4.00. The summed E-state index contributed by atoms with van der Waals surface area (Å²) in [6.07, 6.45) is 2.28. The van der Waals surface area contributed by atoms with Crippen molar-refractivity contribution >= 4 is 0 Å². The molecule has 0 nitrogen and oxygen atoms in total. The quantitative estimate of drug-likeness (QED) is 0.428. The van der Waals surface area contributed by atoms with Crippen LogP contribution in [0.2, 0.25) is 0 Å². The van der Waals surface area contributed by atoms with Gasteiger partial charge in [0.05, 0.1) is 0 Å². The highest BCUT2D eigenvalue weighted by molar-refractivity contribution is 5.21. The molecule has 0 saturated carbocycles. The maximum absolute atomic E-state index is 2.18. The van der Waals surface area contributed by atoms with Gasteiger partial charge in [0.2, 0.25) is 0 Å². The Hall–Kier alpha value is -2.34. The minimum Gasteiger partial charge on any atom is -0.0776 e. The SMILES string of the molecule is C.C.CCc1ccc(C)cc1.CCc1ccccc1.Cc1ccc(C)cc1. The average Bonchev–Trinajstić information content (AvgIpc) is 2.66. The van der Waals surface area contributed by atoms with Crippen LogP contribution in [0.5, 0.6) is 0 Å². The first-order valence-electron chi connectivity index (χ1n) is 9.17. The zero-order valence-electron chi connectivity index (χ0n) is 16.4. The van der Waals surface area contributed by atoms with Gasteiger partial charge in [0, 0.05) is 0 Å². The predicted octanol–water partition coefficient (Wildman–Crippen LogP) is 8.38. The van der Waals surface area contributed by atoms with Crippen LogP contribution in [-0.2, 0) is 12.8 Å². The van der Waals surface area contributed by atoms with Crippen LogP contribution in [0.15, 0.2) is 78.9 Å². The first-order chi connectivity index (χ1) is 12.0. The standard InChI is InChI=1S/C9H12.2C8H10.2CH4/c1-3-9-6-4-8(2)5-7-9;1-7-3-5-8(2)6-4-7;1-2-8-6-4-3-5-7-8;;/h4-7H,3H2,1-2H3;3-6H,1-2H3;3-7H,2H2,1H3;2*1H4. The Morgan fingerprint density at radius 3 is 1.04 bits per heavy atom. The van der Waals surface area contributed by atoms with Crippen LogP contribution < -0.4 is 0 Å². The summed E-state index contributed by atoms with van der Waals surface area (Å²) < 4.78 is 0. The lowest BCUT2D eigenvalue weighted by Crippen LogP contribution is -1.77. The van der Waals surface area contributed by atoms with Gasteiger partial charge in [-0.3, -0.25) is 0 Å². The second-order valence-electron chi connectivity index (χ2n) is 6.33. The lowest BCUT2D eigenvalue weighted by Gasteiger charge is -1.94. The third-order valence-corrected chi connectivity index (χ3v) is 4.00. The minimum absolute atomic E-state index is 0. The molecule has 0 aliphatic heterocycles. The van der Waals surface area contributed by atoms with Crippen molar-refractivity contribution in [3.05, 3.63) is 107 Å². The van der Waals surface area contributed by atoms with Crippen molar-refractivity contribution in [2.45, 2.75) is 62.3 Å². The van der Waals surface area contributed by atoms with E-state index in [9.17, 15) is 0 Å². The van der Waals surface area contributed by atoms with E-state index < -0.39 is 0 Å². The number of hydrogen-bond donors (Lipinski definition) is 0. The molecule has 27 heavy (non-hydrogen) atoms. The maximum atomic E-state index is 2.18. The van der Waals surface area contributed by atoms with Crippen LogP contribution in [-0.4, -0.2) is 0 Å². The molecule has 0 radical (unpaired) electrons. The molecule has 0 spiro atoms. The van der Waals surface area contributed by atoms with Gasteiger partial charge >= 0.3 is 0 Å². The van der Waals surface area contributed by atoms with E-state index in [2.05, 4.69) is 107 Å². The number of benzene rings is 3. The molecule has 0 N–H and O–H groups in total. The summed E-state index contributed by atoms with van der Waals surface area (Å²) in [6, 6.07) is 27.6. The first kappa shape index (κ1) is 26.9. The topological polar surface area (TPSA) is 0 Å². The zero-order valence-corrected chi connectivity index (χ0v) is 16.4. The molecule has 3 aromatic carbocycles. The Morgan fingerprint density at radius 1 is 0.444 bits per heavy atom. The Bertz CT molecular complexity index is 655. The van der Waals surface area contributed by atoms with Crippen molar-refractivity contribution in [2.24, 2.45) is 0 Å². The van der Waals surface area contributed by atoms with Crippen molar-refractivity contribution in [1.82, 2.24) is 0 Å². The van der Waals surface area contributed by atoms with Crippen LogP contribution in [0.3, 0.4) is 0 Å². The molecular weight excluding hydrogens is 324 g/mol. The zero-order chi connectivity index (χ0) is 18.5. The van der Waals surface area contributed by atoms with Crippen molar-refractivity contribution in [2.75, 3.05) is 0 Å². The van der Waals surface area contributed by atoms with Gasteiger partial charge in [-0.25, -0.2) is 0 Å². The van der Waals surface area contributed by atoms with E-state index in [0.29, 0.717) is 0 Å². The van der Waals surface area contributed by atoms with Crippen molar-refractivity contribution in [1.29, 1.82) is 0 Å². The highest BCUT2D eigenvalue weighted by atomic mass is 13.9. The summed E-state index contributed by atoms with van der Waals surface area (Å²) in [4.78, 5) is 0. The van der Waals surface area contributed by atoms with Gasteiger partial charge in [-0.15, -0.1) is 0 Å². The fourth-order valence-electron chi connectivity index (χ4n) is 2.17. The smallest absolute Gasteiger partial charge is 0.0307 e. The molecule has 3 aromatic rings. The van der Waals surface area contributed by atoms with Gasteiger partial charge in [-0.1, -0.05) is 124 Å². The Balaban J connectivity index is 0. The Labute approximate surface area is 169 Å². The second kappa shape index (κ2) is 15.9. The fraction of sp³-hybridized carbons (Fsp3) is 0.333. The van der Waals surface area contributed by atoms with Crippen LogP contribution >= 0.6 is 0 Å². The van der Waals surface area contributed by atoms with Gasteiger partial charge in [-0.2, -0.15) is 0 Å². The second-order valence-corrected chi connectivity index (χ2v) is 6.33. The molecule has 0 aliphatic rings. The lowest BCUT2D eigenvalue weighted by molar-refractivity contribution is 1.14. The molecule has 0 heterocycles. The molecule has 0 amide bonds. The van der Waals surface area contributed by atoms with Gasteiger partial charge < -0.3 is 0 Å². The van der Waals surface area contributed by atoms with E-state index in [0.717, 1.165) is 12.8 Å². The molecule has 0 fully saturated rings. The molecule has 0 saturated heterocycles. The van der Waals surface area contributed by atoms with Crippen LogP contribution in [0.1, 0.15) is 56.5 Å². The summed E-state index contributed by atoms with van der Waals surface area (Å²) in [5.74, 6) is 0. The number of rotatable bonds is 2. The molecule has 0 aromatic heterocycles. The summed E-state index contributed by atoms with van der Waals surface area (Å²) >= 11 is 0. The molecule has 0 unspecified atom stereocenters. The highest BCUT2D eigenvalue weighted by Gasteiger charge is 1.85. The van der Waals surface area contributed by atoms with E-state index in [1.165, 1.54) is 27.8 Å². The van der Waals surface area contributed by atoms with Gasteiger partial charge in [0.25, 0.3) is 0 Å². The summed E-state index contributed by atoms with van der Waals surface area (Å²) in [5, 5.41) is 0. The largest absolute Gasteiger partial charge is 0.0776 e. The first-order valence-corrected chi connectivity index (χ1v) is 9.17. The molecule has 3 rings (SSSR count). The van der Waals surface area contributed by atoms with Crippen molar-refractivity contribution in [3.63, 3.8) is 0 Å². The molecule has 0 aliphatic carbocycles. The third kappa shape index (κ3) is 12.6. The van der Waals surface area contributed by atoms with E-state index in [1.54, 1.807) is 0 Å². The van der Waals surface area contributed by atoms with Crippen LogP contribution in [0.25, 0.3) is 0 Å². The van der Waals surface area contributed by atoms with Crippen molar-refractivity contribution < 1.29 is 0 Å². The Morgan fingerprint density at radius 2 is 0.741 bits per heavy atom. The molecule has 0 atom stereocenters. The van der Waals surface area contributed by atoms with Gasteiger partial charge in [-0.05, 0) is 44.7 Å². The fourth-order valence-corrected chi connectivity index (χ4v) is 2.17. The normalized spacial score (nSPS) is 8.63. The molecular formula is C27H40. The minimum atomic E-state index is 0. The maximum Gasteiger partial charge on any atom is -0.0307 e. The van der Waals surface area contributed by atoms with E-state index in [4.69, 9.17) is 0 Å². The van der Waals surface area contributed by atoms with E-state index in [1.807, 2.05) is 6.07 Å². The average molecular weight is 365 g/mol. The van der Waals surface area contributed by atoms with E-state index >= 15 is 0 Å². The summed E-state index contributed by atoms with van der Waals surface area (Å²) in [6.45, 7) is 10.6. The Kier molecular flexibility index (Phi) is 15.8. The highest BCUT2D eigenvalue weighted by Crippen LogP contribution is 2.02. The number of aryl methyl sites for hydroxylation is 5. The van der Waals surface area contributed by atoms with Gasteiger partial charge in [0.15, 0.2) is 0 Å². The predicted molar refractivity (Wildman–Crippen MR) is 126 cm³/mol. The van der Waals surface area contributed by atoms with E-state index in [-0.39, 0.29) is 14.9 Å². The number of hydrogen-bond acceptors (Lipinski definition) is 0. The molecule has 0 heteroatoms.